The zero-order valence-electron chi connectivity index (χ0n) is 9.60. The normalized spacial score (nSPS) is 8.59. The van der Waals surface area contributed by atoms with Crippen LogP contribution < -0.4 is 16.2 Å². The fourth-order valence-electron chi connectivity index (χ4n) is 1.02. The number of hydrogen-bond donors (Lipinski definition) is 2. The van der Waals surface area contributed by atoms with E-state index in [4.69, 9.17) is 21.0 Å². The van der Waals surface area contributed by atoms with Crippen LogP contribution in [0.15, 0.2) is 24.3 Å². The first-order chi connectivity index (χ1) is 7.90. The quantitative estimate of drug-likeness (QED) is 0.341. The minimum absolute atomic E-state index is 0.112. The third-order valence-corrected chi connectivity index (χ3v) is 1.64. The highest BCUT2D eigenvalue weighted by Crippen LogP contribution is 2.07. The van der Waals surface area contributed by atoms with Gasteiger partial charge in [-0.1, -0.05) is 12.1 Å². The van der Waals surface area contributed by atoms with Gasteiger partial charge in [-0.15, -0.1) is 0 Å². The summed E-state index contributed by atoms with van der Waals surface area (Å²) in [6.45, 7) is 0.972. The van der Waals surface area contributed by atoms with Crippen LogP contribution in [0.25, 0.3) is 0 Å². The van der Waals surface area contributed by atoms with Gasteiger partial charge in [0.2, 0.25) is 0 Å². The Morgan fingerprint density at radius 3 is 2.06 bits per heavy atom. The monoisotopic (exact) mass is 238 g/mol. The number of amidine groups is 1. The van der Waals surface area contributed by atoms with Gasteiger partial charge >= 0.3 is 5.97 Å². The number of methoxy groups -OCH3 is 1. The van der Waals surface area contributed by atoms with Crippen LogP contribution in [-0.2, 0) is 9.53 Å². The van der Waals surface area contributed by atoms with Crippen molar-refractivity contribution >= 4 is 17.8 Å². The molecule has 0 radical (unpaired) electrons. The van der Waals surface area contributed by atoms with Gasteiger partial charge in [-0.2, -0.15) is 0 Å². The van der Waals surface area contributed by atoms with Crippen LogP contribution in [0, 0.1) is 0 Å². The number of aliphatic carboxylic acids is 1. The van der Waals surface area contributed by atoms with E-state index in [0.717, 1.165) is 6.92 Å². The van der Waals surface area contributed by atoms with Gasteiger partial charge in [0.25, 0.3) is 5.84 Å². The molecule has 0 spiro atoms. The van der Waals surface area contributed by atoms with Gasteiger partial charge in [-0.05, 0) is 19.1 Å². The molecule has 0 atom stereocenters. The Labute approximate surface area is 98.5 Å². The number of carboxylic acid groups (broad SMARTS) is 1. The van der Waals surface area contributed by atoms with E-state index >= 15 is 0 Å². The molecule has 0 aliphatic rings. The van der Waals surface area contributed by atoms with Gasteiger partial charge < -0.3 is 14.6 Å². The zero-order chi connectivity index (χ0) is 13.4. The smallest absolute Gasteiger partial charge is 0.338 e. The average molecular weight is 238 g/mol. The number of nitrogens with two attached hydrogens (primary N) is 2. The molecule has 1 rings (SSSR count). The lowest BCUT2D eigenvalue weighted by Crippen LogP contribution is -2.46. The van der Waals surface area contributed by atoms with Crippen molar-refractivity contribution in [3.63, 3.8) is 0 Å². The molecular weight excluding hydrogens is 224 g/mol. The second-order valence-electron chi connectivity index (χ2n) is 2.98. The van der Waals surface area contributed by atoms with Crippen molar-refractivity contribution in [1.29, 1.82) is 0 Å². The molecule has 0 fully saturated rings. The summed E-state index contributed by atoms with van der Waals surface area (Å²) in [5.41, 5.74) is 6.28. The fourth-order valence-corrected chi connectivity index (χ4v) is 1.02. The highest BCUT2D eigenvalue weighted by molar-refractivity contribution is 6.04. The van der Waals surface area contributed by atoms with Crippen molar-refractivity contribution in [3.8, 4) is 0 Å². The van der Waals surface area contributed by atoms with Gasteiger partial charge in [0.15, 0.2) is 0 Å². The van der Waals surface area contributed by atoms with Crippen LogP contribution in [0.4, 0.5) is 0 Å². The summed E-state index contributed by atoms with van der Waals surface area (Å²) >= 11 is 0. The van der Waals surface area contributed by atoms with Crippen LogP contribution in [0.3, 0.4) is 0 Å². The van der Waals surface area contributed by atoms with E-state index < -0.39 is 11.9 Å². The van der Waals surface area contributed by atoms with E-state index in [2.05, 4.69) is 4.74 Å². The van der Waals surface area contributed by atoms with Crippen LogP contribution >= 0.6 is 0 Å². The summed E-state index contributed by atoms with van der Waals surface area (Å²) in [6, 6.07) is 6.75. The molecule has 0 saturated heterocycles. The number of benzene rings is 1. The van der Waals surface area contributed by atoms with Crippen molar-refractivity contribution in [2.75, 3.05) is 7.11 Å². The summed E-state index contributed by atoms with van der Waals surface area (Å²) in [7, 11) is 1.31. The van der Waals surface area contributed by atoms with Crippen LogP contribution in [0.1, 0.15) is 22.8 Å². The fraction of sp³-hybridized carbons (Fsp3) is 0.182. The zero-order valence-corrected chi connectivity index (χ0v) is 9.60. The van der Waals surface area contributed by atoms with E-state index in [0.29, 0.717) is 11.1 Å². The molecular formula is C11H14N2O4. The van der Waals surface area contributed by atoms with Gasteiger partial charge in [0.1, 0.15) is 0 Å². The lowest BCUT2D eigenvalue weighted by atomic mass is 10.1. The first-order valence-electron chi connectivity index (χ1n) is 4.63. The molecule has 6 nitrogen and oxygen atoms in total. The van der Waals surface area contributed by atoms with Crippen molar-refractivity contribution in [2.24, 2.45) is 5.73 Å². The molecule has 0 amide bonds. The van der Waals surface area contributed by atoms with E-state index in [1.807, 2.05) is 0 Å². The van der Waals surface area contributed by atoms with E-state index in [1.54, 1.807) is 24.3 Å². The standard InChI is InChI=1S/C9H10N2O2.C2H4O2/c1-13-9(12)7-5-3-2-4-6(7)8(10)11;1-2(3)4/h2-5H,1H3,(H3,10,11);1H3,(H,3,4). The van der Waals surface area contributed by atoms with Crippen molar-refractivity contribution in [3.05, 3.63) is 35.4 Å². The molecule has 0 aromatic heterocycles. The van der Waals surface area contributed by atoms with Gasteiger partial charge in [-0.25, -0.2) is 4.79 Å². The number of carbonyl (C=O) groups is 2. The number of carbonyl (C=O) groups excluding carboxylic acids is 2. The van der Waals surface area contributed by atoms with Crippen molar-refractivity contribution in [1.82, 2.24) is 0 Å². The molecule has 0 saturated carbocycles. The number of rotatable bonds is 2. The van der Waals surface area contributed by atoms with Crippen LogP contribution in [0.5, 0.6) is 0 Å². The third-order valence-electron chi connectivity index (χ3n) is 1.64. The molecule has 1 aromatic carbocycles. The summed E-state index contributed by atoms with van der Waals surface area (Å²) in [5.74, 6) is -1.41. The van der Waals surface area contributed by atoms with Gasteiger partial charge in [0, 0.05) is 5.97 Å². The number of hydrogen-bond acceptors (Lipinski definition) is 4. The molecule has 0 heterocycles. The maximum absolute atomic E-state index is 11.2. The highest BCUT2D eigenvalue weighted by atomic mass is 16.5. The van der Waals surface area contributed by atoms with Crippen molar-refractivity contribution < 1.29 is 24.8 Å². The van der Waals surface area contributed by atoms with Crippen molar-refractivity contribution in [2.45, 2.75) is 6.92 Å². The Kier molecular flexibility index (Phi) is 6.02. The Hall–Kier alpha value is -2.37. The largest absolute Gasteiger partial charge is 0.550 e. The van der Waals surface area contributed by atoms with Crippen LogP contribution in [0.2, 0.25) is 0 Å². The lowest BCUT2D eigenvalue weighted by molar-refractivity contribution is -0.302. The minimum atomic E-state index is -1.08. The van der Waals surface area contributed by atoms with E-state index in [9.17, 15) is 4.79 Å². The summed E-state index contributed by atoms with van der Waals surface area (Å²) in [6.07, 6.45) is 0. The summed E-state index contributed by atoms with van der Waals surface area (Å²) in [5, 5.41) is 14.3. The first kappa shape index (κ1) is 14.6. The van der Waals surface area contributed by atoms with Crippen LogP contribution in [-0.4, -0.2) is 24.9 Å². The Balaban J connectivity index is 0.000000557. The third kappa shape index (κ3) is 5.31. The molecule has 0 aliphatic heterocycles. The number of carboxylic acids is 1. The highest BCUT2D eigenvalue weighted by Gasteiger charge is 2.14. The maximum atomic E-state index is 11.2. The predicted octanol–water partition coefficient (Wildman–Crippen LogP) is -2.31. The van der Waals surface area contributed by atoms with E-state index in [-0.39, 0.29) is 5.84 Å². The van der Waals surface area contributed by atoms with Gasteiger partial charge in [0.05, 0.1) is 18.2 Å². The summed E-state index contributed by atoms with van der Waals surface area (Å²) < 4.78 is 4.56. The molecule has 6 heteroatoms. The molecule has 17 heavy (non-hydrogen) atoms. The lowest BCUT2D eigenvalue weighted by Gasteiger charge is -2.02. The minimum Gasteiger partial charge on any atom is -0.550 e. The Morgan fingerprint density at radius 1 is 1.29 bits per heavy atom. The molecule has 92 valence electrons. The Bertz CT molecular complexity index is 425. The molecule has 0 aliphatic carbocycles. The second-order valence-corrected chi connectivity index (χ2v) is 2.98. The Morgan fingerprint density at radius 2 is 1.71 bits per heavy atom. The predicted molar refractivity (Wildman–Crippen MR) is 58.7 cm³/mol. The van der Waals surface area contributed by atoms with E-state index in [1.165, 1.54) is 7.11 Å². The molecule has 1 aromatic rings. The number of esters is 1. The topological polar surface area (TPSA) is 118 Å². The van der Waals surface area contributed by atoms with Gasteiger partial charge in [-0.3, -0.25) is 11.1 Å². The summed E-state index contributed by atoms with van der Waals surface area (Å²) in [4.78, 5) is 20.1. The molecule has 0 unspecified atom stereocenters. The maximum Gasteiger partial charge on any atom is 0.338 e. The molecule has 4 N–H and O–H groups in total. The molecule has 0 bridgehead atoms. The SMILES string of the molecule is CC(=O)[O-].COC(=O)c1ccccc1C(N)=[NH2+]. The average Bonchev–Trinajstić information content (AvgIpc) is 2.27. The number of ether oxygens (including phenoxy) is 1. The first-order valence-corrected chi connectivity index (χ1v) is 4.63. The second kappa shape index (κ2) is 7.00.